The Labute approximate surface area is 126 Å². The summed E-state index contributed by atoms with van der Waals surface area (Å²) in [5.41, 5.74) is -0.0254. The second kappa shape index (κ2) is 6.09. The lowest BCUT2D eigenvalue weighted by Crippen LogP contribution is -2.42. The monoisotopic (exact) mass is 365 g/mol. The van der Waals surface area contributed by atoms with Crippen molar-refractivity contribution in [1.29, 1.82) is 0 Å². The first-order valence-corrected chi connectivity index (χ1v) is 8.72. The van der Waals surface area contributed by atoms with E-state index in [4.69, 9.17) is 5.11 Å². The van der Waals surface area contributed by atoms with Gasteiger partial charge in [0.05, 0.1) is 6.61 Å². The molecule has 1 unspecified atom stereocenters. The molecule has 1 aliphatic heterocycles. The lowest BCUT2D eigenvalue weighted by atomic mass is 10.1. The maximum absolute atomic E-state index is 14.2. The lowest BCUT2D eigenvalue weighted by Gasteiger charge is -2.32. The van der Waals surface area contributed by atoms with Crippen molar-refractivity contribution in [2.24, 2.45) is 0 Å². The molecule has 0 radical (unpaired) electrons. The molecule has 1 saturated heterocycles. The minimum atomic E-state index is -3.88. The van der Waals surface area contributed by atoms with Gasteiger partial charge in [-0.05, 0) is 31.9 Å². The number of rotatable bonds is 3. The standard InChI is InChI=1S/C13H17BrFNO3S/c1-9-4-2-3-5-16(9)20(18,19)12-7-11(14)6-10(8-17)13(12)15/h6-7,9,17H,2-5,8H2,1H3. The number of sulfonamides is 1. The van der Waals surface area contributed by atoms with Gasteiger partial charge in [-0.2, -0.15) is 4.31 Å². The summed E-state index contributed by atoms with van der Waals surface area (Å²) in [6.45, 7) is 1.70. The number of nitrogens with zero attached hydrogens (tertiary/aromatic N) is 1. The summed E-state index contributed by atoms with van der Waals surface area (Å²) in [5.74, 6) is -0.867. The first-order valence-electron chi connectivity index (χ1n) is 6.48. The summed E-state index contributed by atoms with van der Waals surface area (Å²) in [7, 11) is -3.88. The van der Waals surface area contributed by atoms with Gasteiger partial charge in [0.2, 0.25) is 10.0 Å². The quantitative estimate of drug-likeness (QED) is 0.895. The van der Waals surface area contributed by atoms with Crippen molar-refractivity contribution in [3.63, 3.8) is 0 Å². The van der Waals surface area contributed by atoms with Crippen LogP contribution in [0.1, 0.15) is 31.7 Å². The van der Waals surface area contributed by atoms with Gasteiger partial charge in [-0.15, -0.1) is 0 Å². The van der Waals surface area contributed by atoms with E-state index in [-0.39, 0.29) is 16.5 Å². The fourth-order valence-electron chi connectivity index (χ4n) is 2.48. The topological polar surface area (TPSA) is 57.6 Å². The van der Waals surface area contributed by atoms with Gasteiger partial charge in [-0.25, -0.2) is 12.8 Å². The highest BCUT2D eigenvalue weighted by Crippen LogP contribution is 2.30. The van der Waals surface area contributed by atoms with Crippen LogP contribution in [-0.4, -0.2) is 30.4 Å². The second-order valence-corrected chi connectivity index (χ2v) is 7.77. The van der Waals surface area contributed by atoms with Gasteiger partial charge in [-0.3, -0.25) is 0 Å². The number of benzene rings is 1. The van der Waals surface area contributed by atoms with Crippen molar-refractivity contribution in [3.8, 4) is 0 Å². The molecular weight excluding hydrogens is 349 g/mol. The molecule has 1 aromatic carbocycles. The highest BCUT2D eigenvalue weighted by Gasteiger charge is 2.33. The van der Waals surface area contributed by atoms with E-state index in [2.05, 4.69) is 15.9 Å². The van der Waals surface area contributed by atoms with Crippen LogP contribution in [0.2, 0.25) is 0 Å². The summed E-state index contributed by atoms with van der Waals surface area (Å²) < 4.78 is 41.3. The van der Waals surface area contributed by atoms with Crippen molar-refractivity contribution in [2.75, 3.05) is 6.54 Å². The third-order valence-electron chi connectivity index (χ3n) is 3.58. The molecule has 1 heterocycles. The summed E-state index contributed by atoms with van der Waals surface area (Å²) in [5, 5.41) is 9.13. The fourth-order valence-corrected chi connectivity index (χ4v) is 4.97. The number of aliphatic hydroxyl groups is 1. The van der Waals surface area contributed by atoms with E-state index in [9.17, 15) is 12.8 Å². The van der Waals surface area contributed by atoms with Gasteiger partial charge in [0.25, 0.3) is 0 Å². The van der Waals surface area contributed by atoms with E-state index in [0.717, 1.165) is 19.3 Å². The molecule has 4 nitrogen and oxygen atoms in total. The van der Waals surface area contributed by atoms with Gasteiger partial charge in [0.1, 0.15) is 10.7 Å². The molecular formula is C13H17BrFNO3S. The first-order chi connectivity index (χ1) is 9.37. The van der Waals surface area contributed by atoms with E-state index in [1.807, 2.05) is 6.92 Å². The molecule has 112 valence electrons. The van der Waals surface area contributed by atoms with Crippen LogP contribution < -0.4 is 0 Å². The Morgan fingerprint density at radius 2 is 2.15 bits per heavy atom. The molecule has 2 rings (SSSR count). The first kappa shape index (κ1) is 15.9. The highest BCUT2D eigenvalue weighted by atomic mass is 79.9. The third kappa shape index (κ3) is 2.90. The van der Waals surface area contributed by atoms with Crippen molar-refractivity contribution in [1.82, 2.24) is 4.31 Å². The third-order valence-corrected chi connectivity index (χ3v) is 6.05. The molecule has 0 amide bonds. The molecule has 1 aromatic rings. The van der Waals surface area contributed by atoms with E-state index >= 15 is 0 Å². The Morgan fingerprint density at radius 3 is 2.75 bits per heavy atom. The summed E-state index contributed by atoms with van der Waals surface area (Å²) in [6, 6.07) is 2.50. The van der Waals surface area contributed by atoms with Crippen molar-refractivity contribution >= 4 is 26.0 Å². The van der Waals surface area contributed by atoms with Gasteiger partial charge in [-0.1, -0.05) is 22.4 Å². The van der Waals surface area contributed by atoms with Crippen LogP contribution in [0, 0.1) is 5.82 Å². The summed E-state index contributed by atoms with van der Waals surface area (Å²) in [4.78, 5) is -0.371. The Balaban J connectivity index is 2.51. The minimum Gasteiger partial charge on any atom is -0.392 e. The van der Waals surface area contributed by atoms with E-state index in [0.29, 0.717) is 11.0 Å². The molecule has 1 N–H and O–H groups in total. The Kier molecular flexibility index (Phi) is 4.84. The van der Waals surface area contributed by atoms with Crippen LogP contribution in [0.15, 0.2) is 21.5 Å². The van der Waals surface area contributed by atoms with Crippen LogP contribution >= 0.6 is 15.9 Å². The molecule has 0 aliphatic carbocycles. The largest absolute Gasteiger partial charge is 0.392 e. The second-order valence-electron chi connectivity index (χ2n) is 5.00. The number of piperidine rings is 1. The van der Waals surface area contributed by atoms with Crippen molar-refractivity contribution in [2.45, 2.75) is 43.7 Å². The van der Waals surface area contributed by atoms with Crippen LogP contribution in [0.5, 0.6) is 0 Å². The molecule has 0 saturated carbocycles. The molecule has 1 aliphatic rings. The van der Waals surface area contributed by atoms with Crippen LogP contribution in [0.25, 0.3) is 0 Å². The van der Waals surface area contributed by atoms with E-state index in [1.165, 1.54) is 16.4 Å². The molecule has 0 spiro atoms. The van der Waals surface area contributed by atoms with Gasteiger partial charge >= 0.3 is 0 Å². The summed E-state index contributed by atoms with van der Waals surface area (Å²) >= 11 is 3.16. The van der Waals surface area contributed by atoms with E-state index in [1.54, 1.807) is 0 Å². The van der Waals surface area contributed by atoms with Crippen LogP contribution in [-0.2, 0) is 16.6 Å². The van der Waals surface area contributed by atoms with Gasteiger partial charge < -0.3 is 5.11 Å². The number of aliphatic hydroxyl groups excluding tert-OH is 1. The van der Waals surface area contributed by atoms with Gasteiger partial charge in [0, 0.05) is 22.6 Å². The molecule has 1 fully saturated rings. The zero-order valence-electron chi connectivity index (χ0n) is 11.1. The Morgan fingerprint density at radius 1 is 1.45 bits per heavy atom. The maximum Gasteiger partial charge on any atom is 0.246 e. The predicted molar refractivity (Wildman–Crippen MR) is 77.2 cm³/mol. The molecule has 0 bridgehead atoms. The number of hydrogen-bond acceptors (Lipinski definition) is 3. The maximum atomic E-state index is 14.2. The zero-order valence-corrected chi connectivity index (χ0v) is 13.5. The van der Waals surface area contributed by atoms with Crippen molar-refractivity contribution in [3.05, 3.63) is 28.0 Å². The zero-order chi connectivity index (χ0) is 14.9. The molecule has 0 aromatic heterocycles. The van der Waals surface area contributed by atoms with Crippen LogP contribution in [0.4, 0.5) is 4.39 Å². The Hall–Kier alpha value is -0.500. The van der Waals surface area contributed by atoms with Crippen molar-refractivity contribution < 1.29 is 17.9 Å². The lowest BCUT2D eigenvalue weighted by molar-refractivity contribution is 0.265. The number of hydrogen-bond donors (Lipinski definition) is 1. The Bertz CT molecular complexity index is 606. The van der Waals surface area contributed by atoms with Crippen LogP contribution in [0.3, 0.4) is 0 Å². The minimum absolute atomic E-state index is 0.0254. The van der Waals surface area contributed by atoms with Gasteiger partial charge in [0.15, 0.2) is 0 Å². The van der Waals surface area contributed by atoms with E-state index < -0.39 is 22.4 Å². The fraction of sp³-hybridized carbons (Fsp3) is 0.538. The molecule has 7 heteroatoms. The summed E-state index contributed by atoms with van der Waals surface area (Å²) in [6.07, 6.45) is 2.55. The number of halogens is 2. The molecule has 1 atom stereocenters. The highest BCUT2D eigenvalue weighted by molar-refractivity contribution is 9.10. The predicted octanol–water partition coefficient (Wildman–Crippen LogP) is 2.64. The normalized spacial score (nSPS) is 21.1. The average Bonchev–Trinajstić information content (AvgIpc) is 2.41. The smallest absolute Gasteiger partial charge is 0.246 e. The molecule has 20 heavy (non-hydrogen) atoms. The average molecular weight is 366 g/mol. The SMILES string of the molecule is CC1CCCCN1S(=O)(=O)c1cc(Br)cc(CO)c1F.